The maximum atomic E-state index is 4.48. The van der Waals surface area contributed by atoms with Crippen LogP contribution in [-0.2, 0) is 0 Å². The Hall–Kier alpha value is -0.530. The summed E-state index contributed by atoms with van der Waals surface area (Å²) < 4.78 is 0. The van der Waals surface area contributed by atoms with E-state index in [1.54, 1.807) is 0 Å². The second-order valence-corrected chi connectivity index (χ2v) is 3.52. The van der Waals surface area contributed by atoms with Gasteiger partial charge < -0.3 is 4.90 Å². The summed E-state index contributed by atoms with van der Waals surface area (Å²) in [6.07, 6.45) is 8.68. The number of hydrogen-bond acceptors (Lipinski definition) is 1. The molecule has 64 valence electrons. The third-order valence-electron chi connectivity index (χ3n) is 2.08. The molecular formula is C9H18N2. The van der Waals surface area contributed by atoms with Crippen molar-refractivity contribution in [3.05, 3.63) is 0 Å². The second kappa shape index (κ2) is 4.37. The van der Waals surface area contributed by atoms with Gasteiger partial charge in [0.25, 0.3) is 0 Å². The Labute approximate surface area is 69.3 Å². The van der Waals surface area contributed by atoms with E-state index in [1.165, 1.54) is 32.1 Å². The molecule has 0 aromatic heterocycles. The average Bonchev–Trinajstić information content (AvgIpc) is 2.03. The van der Waals surface area contributed by atoms with Gasteiger partial charge in [-0.15, -0.1) is 0 Å². The molecule has 2 nitrogen and oxygen atoms in total. The Kier molecular flexibility index (Phi) is 3.40. The van der Waals surface area contributed by atoms with Crippen molar-refractivity contribution < 1.29 is 0 Å². The second-order valence-electron chi connectivity index (χ2n) is 3.52. The van der Waals surface area contributed by atoms with Gasteiger partial charge in [-0.1, -0.05) is 19.3 Å². The topological polar surface area (TPSA) is 15.6 Å². The minimum atomic E-state index is 0.617. The molecule has 1 aliphatic rings. The van der Waals surface area contributed by atoms with Crippen LogP contribution in [0.4, 0.5) is 0 Å². The summed E-state index contributed by atoms with van der Waals surface area (Å²) in [7, 11) is 4.04. The molecule has 0 spiro atoms. The summed E-state index contributed by atoms with van der Waals surface area (Å²) in [6.45, 7) is 0. The van der Waals surface area contributed by atoms with Gasteiger partial charge in [0.1, 0.15) is 0 Å². The Balaban J connectivity index is 2.23. The zero-order valence-electron chi connectivity index (χ0n) is 7.58. The predicted molar refractivity (Wildman–Crippen MR) is 49.1 cm³/mol. The highest BCUT2D eigenvalue weighted by atomic mass is 15.1. The van der Waals surface area contributed by atoms with Gasteiger partial charge in [0.05, 0.1) is 12.4 Å². The fourth-order valence-electron chi connectivity index (χ4n) is 1.46. The van der Waals surface area contributed by atoms with Gasteiger partial charge in [-0.25, -0.2) is 0 Å². The first-order valence-electron chi connectivity index (χ1n) is 4.49. The van der Waals surface area contributed by atoms with Crippen molar-refractivity contribution in [3.63, 3.8) is 0 Å². The quantitative estimate of drug-likeness (QED) is 0.438. The summed E-state index contributed by atoms with van der Waals surface area (Å²) in [6, 6.07) is 0.617. The van der Waals surface area contributed by atoms with E-state index >= 15 is 0 Å². The van der Waals surface area contributed by atoms with E-state index in [1.807, 2.05) is 25.3 Å². The number of hydrogen-bond donors (Lipinski definition) is 0. The molecule has 0 aromatic rings. The zero-order chi connectivity index (χ0) is 8.10. The van der Waals surface area contributed by atoms with Crippen molar-refractivity contribution in [2.24, 2.45) is 4.99 Å². The lowest BCUT2D eigenvalue weighted by atomic mass is 9.96. The zero-order valence-corrected chi connectivity index (χ0v) is 7.58. The van der Waals surface area contributed by atoms with E-state index in [0.717, 1.165) is 0 Å². The molecule has 0 aromatic carbocycles. The van der Waals surface area contributed by atoms with Crippen LogP contribution in [0, 0.1) is 0 Å². The minimum Gasteiger partial charge on any atom is -0.369 e. The number of aliphatic imine (C=N–C) groups is 1. The third kappa shape index (κ3) is 3.40. The van der Waals surface area contributed by atoms with Gasteiger partial charge in [0.15, 0.2) is 0 Å². The van der Waals surface area contributed by atoms with Crippen LogP contribution in [0.3, 0.4) is 0 Å². The number of nitrogens with zero attached hydrogens (tertiary/aromatic N) is 2. The normalized spacial score (nSPS) is 20.9. The van der Waals surface area contributed by atoms with Gasteiger partial charge in [-0.3, -0.25) is 4.99 Å². The first-order valence-corrected chi connectivity index (χ1v) is 4.49. The van der Waals surface area contributed by atoms with Crippen molar-refractivity contribution in [2.75, 3.05) is 14.1 Å². The van der Waals surface area contributed by atoms with E-state index in [9.17, 15) is 0 Å². The summed E-state index contributed by atoms with van der Waals surface area (Å²) >= 11 is 0. The molecule has 0 saturated heterocycles. The van der Waals surface area contributed by atoms with Crippen molar-refractivity contribution >= 4 is 6.34 Å². The van der Waals surface area contributed by atoms with Gasteiger partial charge >= 0.3 is 0 Å². The molecule has 1 rings (SSSR count). The highest BCUT2D eigenvalue weighted by Crippen LogP contribution is 2.19. The Bertz CT molecular complexity index is 124. The first-order chi connectivity index (χ1) is 5.29. The maximum absolute atomic E-state index is 4.48. The van der Waals surface area contributed by atoms with Crippen LogP contribution in [0.2, 0.25) is 0 Å². The molecule has 0 atom stereocenters. The van der Waals surface area contributed by atoms with Crippen molar-refractivity contribution in [1.82, 2.24) is 4.90 Å². The van der Waals surface area contributed by atoms with E-state index in [0.29, 0.717) is 6.04 Å². The maximum Gasteiger partial charge on any atom is 0.0848 e. The molecule has 0 N–H and O–H groups in total. The lowest BCUT2D eigenvalue weighted by Crippen LogP contribution is -2.14. The highest BCUT2D eigenvalue weighted by Gasteiger charge is 2.10. The molecule has 0 unspecified atom stereocenters. The lowest BCUT2D eigenvalue weighted by Gasteiger charge is -2.17. The first kappa shape index (κ1) is 8.57. The van der Waals surface area contributed by atoms with Crippen LogP contribution in [0.5, 0.6) is 0 Å². The van der Waals surface area contributed by atoms with Crippen LogP contribution in [0.25, 0.3) is 0 Å². The smallest absolute Gasteiger partial charge is 0.0848 e. The van der Waals surface area contributed by atoms with Crippen LogP contribution in [0.15, 0.2) is 4.99 Å². The molecule has 0 radical (unpaired) electrons. The Morgan fingerprint density at radius 2 is 1.82 bits per heavy atom. The van der Waals surface area contributed by atoms with Crippen molar-refractivity contribution in [3.8, 4) is 0 Å². The lowest BCUT2D eigenvalue weighted by molar-refractivity contribution is 0.440. The summed E-state index contributed by atoms with van der Waals surface area (Å²) in [5.74, 6) is 0. The fraction of sp³-hybridized carbons (Fsp3) is 0.889. The van der Waals surface area contributed by atoms with E-state index in [-0.39, 0.29) is 0 Å². The molecule has 2 heteroatoms. The van der Waals surface area contributed by atoms with Crippen LogP contribution in [0.1, 0.15) is 32.1 Å². The van der Waals surface area contributed by atoms with Crippen LogP contribution in [-0.4, -0.2) is 31.4 Å². The summed E-state index contributed by atoms with van der Waals surface area (Å²) in [5, 5.41) is 0. The summed E-state index contributed by atoms with van der Waals surface area (Å²) in [5.41, 5.74) is 0. The van der Waals surface area contributed by atoms with Gasteiger partial charge in [-0.2, -0.15) is 0 Å². The predicted octanol–water partition coefficient (Wildman–Crippen LogP) is 1.91. The van der Waals surface area contributed by atoms with Crippen LogP contribution >= 0.6 is 0 Å². The standard InChI is InChI=1S/C9H18N2/c1-11(2)8-10-9-6-4-3-5-7-9/h8-9H,3-7H2,1-2H3. The van der Waals surface area contributed by atoms with Crippen molar-refractivity contribution in [2.45, 2.75) is 38.1 Å². The molecule has 0 bridgehead atoms. The largest absolute Gasteiger partial charge is 0.369 e. The number of rotatable bonds is 2. The molecule has 1 fully saturated rings. The third-order valence-corrected chi connectivity index (χ3v) is 2.08. The molecular weight excluding hydrogens is 136 g/mol. The van der Waals surface area contributed by atoms with Crippen LogP contribution < -0.4 is 0 Å². The summed E-state index contributed by atoms with van der Waals surface area (Å²) in [4.78, 5) is 6.49. The van der Waals surface area contributed by atoms with E-state index in [2.05, 4.69) is 4.99 Å². The molecule has 1 aliphatic carbocycles. The van der Waals surface area contributed by atoms with E-state index in [4.69, 9.17) is 0 Å². The van der Waals surface area contributed by atoms with Crippen molar-refractivity contribution in [1.29, 1.82) is 0 Å². The molecule has 11 heavy (non-hydrogen) atoms. The molecule has 0 amide bonds. The average molecular weight is 154 g/mol. The van der Waals surface area contributed by atoms with Gasteiger partial charge in [0.2, 0.25) is 0 Å². The van der Waals surface area contributed by atoms with E-state index < -0.39 is 0 Å². The Morgan fingerprint density at radius 1 is 1.18 bits per heavy atom. The molecule has 1 saturated carbocycles. The van der Waals surface area contributed by atoms with Gasteiger partial charge in [-0.05, 0) is 12.8 Å². The highest BCUT2D eigenvalue weighted by molar-refractivity contribution is 5.54. The van der Waals surface area contributed by atoms with Gasteiger partial charge in [0, 0.05) is 14.1 Å². The monoisotopic (exact) mass is 154 g/mol. The SMILES string of the molecule is CN(C)C=NC1CCCCC1. The fourth-order valence-corrected chi connectivity index (χ4v) is 1.46. The molecule has 0 aliphatic heterocycles. The minimum absolute atomic E-state index is 0.617. The molecule has 0 heterocycles. The Morgan fingerprint density at radius 3 is 2.36 bits per heavy atom.